The van der Waals surface area contributed by atoms with Gasteiger partial charge in [0.05, 0.1) is 12.5 Å². The predicted octanol–water partition coefficient (Wildman–Crippen LogP) is 3.24. The summed E-state index contributed by atoms with van der Waals surface area (Å²) in [4.78, 5) is 35.4. The van der Waals surface area contributed by atoms with Crippen LogP contribution in [0.5, 0.6) is 0 Å². The minimum atomic E-state index is -0.777. The fourth-order valence-corrected chi connectivity index (χ4v) is 2.67. The number of ether oxygens (including phenoxy) is 1. The predicted molar refractivity (Wildman–Crippen MR) is 107 cm³/mol. The van der Waals surface area contributed by atoms with E-state index in [4.69, 9.17) is 22.1 Å². The molecule has 28 heavy (non-hydrogen) atoms. The molecule has 0 saturated heterocycles. The van der Waals surface area contributed by atoms with Crippen LogP contribution in [0.2, 0.25) is 5.02 Å². The van der Waals surface area contributed by atoms with E-state index >= 15 is 0 Å². The molecule has 2 rings (SSSR count). The van der Waals surface area contributed by atoms with Crippen LogP contribution in [0.4, 0.5) is 10.5 Å². The number of hydrogen-bond acceptors (Lipinski definition) is 4. The summed E-state index contributed by atoms with van der Waals surface area (Å²) in [7, 11) is 0. The van der Waals surface area contributed by atoms with Gasteiger partial charge in [-0.1, -0.05) is 35.9 Å². The fraction of sp³-hybridized carbons (Fsp3) is 0.250. The van der Waals surface area contributed by atoms with Crippen LogP contribution in [-0.4, -0.2) is 24.5 Å². The third-order valence-electron chi connectivity index (χ3n) is 3.99. The van der Waals surface area contributed by atoms with Crippen molar-refractivity contribution in [2.24, 2.45) is 5.73 Å². The van der Waals surface area contributed by atoms with E-state index in [2.05, 4.69) is 10.6 Å². The lowest BCUT2D eigenvalue weighted by molar-refractivity contribution is -0.147. The van der Waals surface area contributed by atoms with Gasteiger partial charge in [-0.3, -0.25) is 9.59 Å². The standard InChI is InChI=1S/C20H22ClN3O4/c1-12-3-4-13(2)16(9-12)23-18(25)11-28-19(26)10-17(24-20(22)27)14-5-7-15(21)8-6-14/h3-9,17H,10-11H2,1-2H3,(H,23,25)(H3,22,24,27)/t17-/m0/s1. The van der Waals surface area contributed by atoms with Crippen LogP contribution in [0.1, 0.15) is 29.2 Å². The maximum absolute atomic E-state index is 12.1. The van der Waals surface area contributed by atoms with Crippen LogP contribution in [0.3, 0.4) is 0 Å². The summed E-state index contributed by atoms with van der Waals surface area (Å²) in [6.45, 7) is 3.35. The molecule has 0 aliphatic rings. The Balaban J connectivity index is 1.93. The number of hydrogen-bond donors (Lipinski definition) is 3. The highest BCUT2D eigenvalue weighted by Crippen LogP contribution is 2.20. The number of anilines is 1. The summed E-state index contributed by atoms with van der Waals surface area (Å²) < 4.78 is 5.03. The number of aryl methyl sites for hydroxylation is 2. The minimum absolute atomic E-state index is 0.179. The summed E-state index contributed by atoms with van der Waals surface area (Å²) >= 11 is 5.85. The Bertz CT molecular complexity index is 868. The number of nitrogens with one attached hydrogen (secondary N) is 2. The number of halogens is 1. The van der Waals surface area contributed by atoms with Crippen molar-refractivity contribution in [1.29, 1.82) is 0 Å². The molecule has 0 aliphatic carbocycles. The van der Waals surface area contributed by atoms with Crippen LogP contribution in [0.25, 0.3) is 0 Å². The van der Waals surface area contributed by atoms with Gasteiger partial charge in [-0.25, -0.2) is 4.79 Å². The number of benzene rings is 2. The van der Waals surface area contributed by atoms with Gasteiger partial charge in [0, 0.05) is 10.7 Å². The Morgan fingerprint density at radius 1 is 1.11 bits per heavy atom. The molecule has 0 bridgehead atoms. The van der Waals surface area contributed by atoms with Gasteiger partial charge in [0.2, 0.25) is 0 Å². The number of primary amides is 1. The van der Waals surface area contributed by atoms with Crippen molar-refractivity contribution < 1.29 is 19.1 Å². The molecule has 2 aromatic rings. The zero-order valence-corrected chi connectivity index (χ0v) is 16.4. The SMILES string of the molecule is Cc1ccc(C)c(NC(=O)COC(=O)C[C@H](NC(N)=O)c2ccc(Cl)cc2)c1. The average Bonchev–Trinajstić information content (AvgIpc) is 2.63. The third kappa shape index (κ3) is 6.59. The van der Waals surface area contributed by atoms with Gasteiger partial charge in [-0.15, -0.1) is 0 Å². The van der Waals surface area contributed by atoms with Crippen LogP contribution in [0, 0.1) is 13.8 Å². The number of nitrogens with two attached hydrogens (primary N) is 1. The largest absolute Gasteiger partial charge is 0.455 e. The molecule has 7 nitrogen and oxygen atoms in total. The van der Waals surface area contributed by atoms with Crippen molar-refractivity contribution >= 4 is 35.2 Å². The number of rotatable bonds is 7. The first-order chi connectivity index (χ1) is 13.2. The lowest BCUT2D eigenvalue weighted by Crippen LogP contribution is -2.35. The van der Waals surface area contributed by atoms with Crippen molar-refractivity contribution in [3.63, 3.8) is 0 Å². The molecule has 0 radical (unpaired) electrons. The van der Waals surface area contributed by atoms with Crippen molar-refractivity contribution in [3.05, 3.63) is 64.2 Å². The zero-order chi connectivity index (χ0) is 20.7. The first-order valence-corrected chi connectivity index (χ1v) is 8.96. The number of amides is 3. The Labute approximate surface area is 168 Å². The van der Waals surface area contributed by atoms with E-state index in [1.165, 1.54) is 0 Å². The lowest BCUT2D eigenvalue weighted by atomic mass is 10.0. The second-order valence-corrected chi connectivity index (χ2v) is 6.78. The van der Waals surface area contributed by atoms with Crippen molar-refractivity contribution in [1.82, 2.24) is 5.32 Å². The molecule has 0 aromatic heterocycles. The maximum atomic E-state index is 12.1. The van der Waals surface area contributed by atoms with Gasteiger partial charge in [-0.2, -0.15) is 0 Å². The minimum Gasteiger partial charge on any atom is -0.455 e. The highest BCUT2D eigenvalue weighted by Gasteiger charge is 2.19. The molecule has 0 aliphatic heterocycles. The third-order valence-corrected chi connectivity index (χ3v) is 4.24. The van der Waals surface area contributed by atoms with E-state index in [0.29, 0.717) is 16.3 Å². The first kappa shape index (κ1) is 21.2. The van der Waals surface area contributed by atoms with Crippen LogP contribution in [0.15, 0.2) is 42.5 Å². The molecular formula is C20H22ClN3O4. The molecule has 148 valence electrons. The van der Waals surface area contributed by atoms with Crippen LogP contribution in [-0.2, 0) is 14.3 Å². The summed E-state index contributed by atoms with van der Waals surface area (Å²) in [6.07, 6.45) is -0.179. The van der Waals surface area contributed by atoms with E-state index in [9.17, 15) is 14.4 Å². The number of esters is 1. The highest BCUT2D eigenvalue weighted by atomic mass is 35.5. The van der Waals surface area contributed by atoms with Gasteiger partial charge in [0.15, 0.2) is 6.61 Å². The Kier molecular flexibility index (Phi) is 7.40. The summed E-state index contributed by atoms with van der Waals surface area (Å²) in [5.74, 6) is -1.10. The molecule has 2 aromatic carbocycles. The Morgan fingerprint density at radius 2 is 1.79 bits per heavy atom. The van der Waals surface area contributed by atoms with Gasteiger partial charge in [0.25, 0.3) is 5.91 Å². The van der Waals surface area contributed by atoms with E-state index in [-0.39, 0.29) is 6.42 Å². The van der Waals surface area contributed by atoms with Crippen molar-refractivity contribution in [2.75, 3.05) is 11.9 Å². The van der Waals surface area contributed by atoms with E-state index in [1.807, 2.05) is 32.0 Å². The number of urea groups is 1. The molecule has 0 spiro atoms. The summed E-state index contributed by atoms with van der Waals surface area (Å²) in [5.41, 5.74) is 8.38. The molecular weight excluding hydrogens is 382 g/mol. The topological polar surface area (TPSA) is 111 Å². The molecule has 8 heteroatoms. The number of carbonyl (C=O) groups excluding carboxylic acids is 3. The Morgan fingerprint density at radius 3 is 2.43 bits per heavy atom. The van der Waals surface area contributed by atoms with E-state index in [1.54, 1.807) is 24.3 Å². The van der Waals surface area contributed by atoms with Crippen molar-refractivity contribution in [2.45, 2.75) is 26.3 Å². The molecule has 3 amide bonds. The molecule has 0 heterocycles. The van der Waals surface area contributed by atoms with E-state index < -0.39 is 30.6 Å². The second kappa shape index (κ2) is 9.75. The van der Waals surface area contributed by atoms with Crippen LogP contribution >= 0.6 is 11.6 Å². The molecule has 0 fully saturated rings. The molecule has 1 atom stereocenters. The monoisotopic (exact) mass is 403 g/mol. The quantitative estimate of drug-likeness (QED) is 0.616. The second-order valence-electron chi connectivity index (χ2n) is 6.34. The smallest absolute Gasteiger partial charge is 0.312 e. The molecule has 4 N–H and O–H groups in total. The fourth-order valence-electron chi connectivity index (χ4n) is 2.55. The van der Waals surface area contributed by atoms with Gasteiger partial charge < -0.3 is 21.1 Å². The van der Waals surface area contributed by atoms with Crippen molar-refractivity contribution in [3.8, 4) is 0 Å². The average molecular weight is 404 g/mol. The lowest BCUT2D eigenvalue weighted by Gasteiger charge is -2.17. The molecule has 0 unspecified atom stereocenters. The zero-order valence-electron chi connectivity index (χ0n) is 15.6. The summed E-state index contributed by atoms with van der Waals surface area (Å²) in [5, 5.41) is 5.71. The highest BCUT2D eigenvalue weighted by molar-refractivity contribution is 6.30. The van der Waals surface area contributed by atoms with Gasteiger partial charge in [0.1, 0.15) is 0 Å². The molecule has 0 saturated carbocycles. The normalized spacial score (nSPS) is 11.4. The number of carbonyl (C=O) groups is 3. The first-order valence-electron chi connectivity index (χ1n) is 8.58. The summed E-state index contributed by atoms with van der Waals surface area (Å²) in [6, 6.07) is 10.8. The van der Waals surface area contributed by atoms with Crippen LogP contribution < -0.4 is 16.4 Å². The van der Waals surface area contributed by atoms with Gasteiger partial charge in [-0.05, 0) is 48.7 Å². The van der Waals surface area contributed by atoms with Gasteiger partial charge >= 0.3 is 12.0 Å². The Hall–Kier alpha value is -3.06. The van der Waals surface area contributed by atoms with E-state index in [0.717, 1.165) is 11.1 Å². The maximum Gasteiger partial charge on any atom is 0.312 e.